The van der Waals surface area contributed by atoms with Crippen LogP contribution in [0.4, 0.5) is 5.69 Å². The minimum atomic E-state index is -0.416. The van der Waals surface area contributed by atoms with E-state index in [0.29, 0.717) is 11.4 Å². The van der Waals surface area contributed by atoms with Gasteiger partial charge in [-0.2, -0.15) is 10.2 Å². The smallest absolute Gasteiger partial charge is 0.276 e. The Kier molecular flexibility index (Phi) is 4.02. The molecule has 0 fully saturated rings. The van der Waals surface area contributed by atoms with Crippen LogP contribution in [0.5, 0.6) is 0 Å². The molecule has 3 aromatic rings. The van der Waals surface area contributed by atoms with E-state index in [1.54, 1.807) is 30.3 Å². The SMILES string of the molecule is Cn1nc(C(=O)Nc2ccc(-c3ccc(=O)[nH]n3)cc2)ccc1=O. The molecule has 0 aliphatic heterocycles. The van der Waals surface area contributed by atoms with E-state index in [0.717, 1.165) is 10.2 Å². The number of nitrogens with one attached hydrogen (secondary N) is 2. The number of anilines is 1. The van der Waals surface area contributed by atoms with Crippen LogP contribution >= 0.6 is 0 Å². The second kappa shape index (κ2) is 6.29. The molecule has 8 heteroatoms. The molecular formula is C16H13N5O3. The zero-order valence-corrected chi connectivity index (χ0v) is 12.7. The molecule has 0 aliphatic carbocycles. The van der Waals surface area contributed by atoms with Crippen LogP contribution < -0.4 is 16.4 Å². The number of hydrogen-bond acceptors (Lipinski definition) is 5. The lowest BCUT2D eigenvalue weighted by atomic mass is 10.1. The van der Waals surface area contributed by atoms with Crippen LogP contribution in [0.3, 0.4) is 0 Å². The van der Waals surface area contributed by atoms with Crippen molar-refractivity contribution in [3.05, 3.63) is 74.9 Å². The number of aryl methyl sites for hydroxylation is 1. The number of H-pyrrole nitrogens is 1. The highest BCUT2D eigenvalue weighted by atomic mass is 16.2. The predicted octanol–water partition coefficient (Wildman–Crippen LogP) is 0.783. The largest absolute Gasteiger partial charge is 0.321 e. The Labute approximate surface area is 135 Å². The lowest BCUT2D eigenvalue weighted by Crippen LogP contribution is -2.23. The van der Waals surface area contributed by atoms with Gasteiger partial charge in [-0.15, -0.1) is 0 Å². The summed E-state index contributed by atoms with van der Waals surface area (Å²) in [6.07, 6.45) is 0. The van der Waals surface area contributed by atoms with E-state index in [4.69, 9.17) is 0 Å². The third-order valence-electron chi connectivity index (χ3n) is 3.31. The molecule has 0 radical (unpaired) electrons. The van der Waals surface area contributed by atoms with Gasteiger partial charge in [0.2, 0.25) is 0 Å². The maximum Gasteiger partial charge on any atom is 0.276 e. The summed E-state index contributed by atoms with van der Waals surface area (Å²) in [4.78, 5) is 34.4. The Bertz CT molecular complexity index is 985. The monoisotopic (exact) mass is 323 g/mol. The first kappa shape index (κ1) is 15.3. The van der Waals surface area contributed by atoms with Gasteiger partial charge in [-0.05, 0) is 24.3 Å². The molecule has 0 unspecified atom stereocenters. The molecule has 3 rings (SSSR count). The maximum absolute atomic E-state index is 12.1. The third kappa shape index (κ3) is 3.27. The Morgan fingerprint density at radius 2 is 1.79 bits per heavy atom. The summed E-state index contributed by atoms with van der Waals surface area (Å²) < 4.78 is 1.10. The van der Waals surface area contributed by atoms with Crippen molar-refractivity contribution in [3.8, 4) is 11.3 Å². The molecule has 2 heterocycles. The molecule has 0 atom stereocenters. The Hall–Kier alpha value is -3.55. The van der Waals surface area contributed by atoms with Gasteiger partial charge in [0.15, 0.2) is 0 Å². The van der Waals surface area contributed by atoms with Crippen molar-refractivity contribution >= 4 is 11.6 Å². The van der Waals surface area contributed by atoms with Gasteiger partial charge in [-0.3, -0.25) is 14.4 Å². The van der Waals surface area contributed by atoms with Gasteiger partial charge in [0.25, 0.3) is 17.0 Å². The summed E-state index contributed by atoms with van der Waals surface area (Å²) in [7, 11) is 1.48. The van der Waals surface area contributed by atoms with Crippen LogP contribution in [0, 0.1) is 0 Å². The first-order chi connectivity index (χ1) is 11.5. The van der Waals surface area contributed by atoms with E-state index in [1.165, 1.54) is 25.2 Å². The first-order valence-corrected chi connectivity index (χ1v) is 7.05. The standard InChI is InChI=1S/C16H13N5O3/c1-21-15(23)9-7-13(20-21)16(24)17-11-4-2-10(3-5-11)12-6-8-14(22)19-18-12/h2-9H,1H3,(H,17,24)(H,19,22). The van der Waals surface area contributed by atoms with Crippen molar-refractivity contribution in [3.63, 3.8) is 0 Å². The predicted molar refractivity (Wildman–Crippen MR) is 87.7 cm³/mol. The molecule has 2 aromatic heterocycles. The molecule has 8 nitrogen and oxygen atoms in total. The normalized spacial score (nSPS) is 10.4. The highest BCUT2D eigenvalue weighted by Crippen LogP contribution is 2.18. The van der Waals surface area contributed by atoms with Crippen molar-refractivity contribution in [2.45, 2.75) is 0 Å². The quantitative estimate of drug-likeness (QED) is 0.740. The second-order valence-electron chi connectivity index (χ2n) is 5.02. The minimum absolute atomic E-state index is 0.142. The number of aromatic nitrogens is 4. The van der Waals surface area contributed by atoms with Gasteiger partial charge in [-0.25, -0.2) is 9.78 Å². The summed E-state index contributed by atoms with van der Waals surface area (Å²) in [5.41, 5.74) is 1.57. The van der Waals surface area contributed by atoms with E-state index in [1.807, 2.05) is 0 Å². The maximum atomic E-state index is 12.1. The molecule has 2 N–H and O–H groups in total. The fourth-order valence-corrected chi connectivity index (χ4v) is 2.05. The average molecular weight is 323 g/mol. The van der Waals surface area contributed by atoms with Crippen LogP contribution in [-0.4, -0.2) is 25.9 Å². The molecule has 120 valence electrons. The molecule has 0 saturated heterocycles. The van der Waals surface area contributed by atoms with Crippen LogP contribution in [-0.2, 0) is 7.05 Å². The van der Waals surface area contributed by atoms with Crippen molar-refractivity contribution < 1.29 is 4.79 Å². The molecule has 24 heavy (non-hydrogen) atoms. The van der Waals surface area contributed by atoms with Gasteiger partial charge in [-0.1, -0.05) is 12.1 Å². The molecule has 0 aliphatic rings. The number of carbonyl (C=O) groups is 1. The molecule has 1 aromatic carbocycles. The lowest BCUT2D eigenvalue weighted by Gasteiger charge is -2.06. The minimum Gasteiger partial charge on any atom is -0.321 e. The topological polar surface area (TPSA) is 110 Å². The van der Waals surface area contributed by atoms with E-state index in [-0.39, 0.29) is 16.8 Å². The summed E-state index contributed by atoms with van der Waals surface area (Å²) in [5.74, 6) is -0.416. The van der Waals surface area contributed by atoms with E-state index in [9.17, 15) is 14.4 Å². The summed E-state index contributed by atoms with van der Waals surface area (Å²) in [6, 6.07) is 12.6. The number of carbonyl (C=O) groups excluding carboxylic acids is 1. The van der Waals surface area contributed by atoms with E-state index >= 15 is 0 Å². The fourth-order valence-electron chi connectivity index (χ4n) is 2.05. The summed E-state index contributed by atoms with van der Waals surface area (Å²) >= 11 is 0. The fraction of sp³-hybridized carbons (Fsp3) is 0.0625. The average Bonchev–Trinajstić information content (AvgIpc) is 2.59. The summed E-state index contributed by atoms with van der Waals surface area (Å²) in [5, 5.41) is 12.9. The van der Waals surface area contributed by atoms with Crippen LogP contribution in [0.2, 0.25) is 0 Å². The molecule has 0 spiro atoms. The molecule has 0 bridgehead atoms. The number of amides is 1. The Morgan fingerprint density at radius 1 is 1.04 bits per heavy atom. The van der Waals surface area contributed by atoms with Crippen molar-refractivity contribution in [2.75, 3.05) is 5.32 Å². The molecule has 0 saturated carbocycles. The Morgan fingerprint density at radius 3 is 2.42 bits per heavy atom. The second-order valence-corrected chi connectivity index (χ2v) is 5.02. The number of hydrogen-bond donors (Lipinski definition) is 2. The Balaban J connectivity index is 1.77. The highest BCUT2D eigenvalue weighted by Gasteiger charge is 2.09. The number of aromatic amines is 1. The van der Waals surface area contributed by atoms with Crippen molar-refractivity contribution in [1.29, 1.82) is 0 Å². The van der Waals surface area contributed by atoms with Crippen LogP contribution in [0.15, 0.2) is 58.1 Å². The van der Waals surface area contributed by atoms with Crippen LogP contribution in [0.25, 0.3) is 11.3 Å². The number of benzene rings is 1. The van der Waals surface area contributed by atoms with Crippen molar-refractivity contribution in [1.82, 2.24) is 20.0 Å². The number of nitrogens with zero attached hydrogens (tertiary/aromatic N) is 3. The van der Waals surface area contributed by atoms with E-state index < -0.39 is 5.91 Å². The van der Waals surface area contributed by atoms with E-state index in [2.05, 4.69) is 20.6 Å². The van der Waals surface area contributed by atoms with Gasteiger partial charge in [0.05, 0.1) is 5.69 Å². The first-order valence-electron chi connectivity index (χ1n) is 7.05. The van der Waals surface area contributed by atoms with Gasteiger partial charge >= 0.3 is 0 Å². The highest BCUT2D eigenvalue weighted by molar-refractivity contribution is 6.02. The third-order valence-corrected chi connectivity index (χ3v) is 3.31. The van der Waals surface area contributed by atoms with Gasteiger partial charge in [0.1, 0.15) is 5.69 Å². The molecule has 1 amide bonds. The van der Waals surface area contributed by atoms with Crippen molar-refractivity contribution in [2.24, 2.45) is 7.05 Å². The van der Waals surface area contributed by atoms with Gasteiger partial charge < -0.3 is 5.32 Å². The lowest BCUT2D eigenvalue weighted by molar-refractivity contribution is 0.102. The van der Waals surface area contributed by atoms with Gasteiger partial charge in [0, 0.05) is 30.4 Å². The van der Waals surface area contributed by atoms with Crippen LogP contribution in [0.1, 0.15) is 10.5 Å². The molecular weight excluding hydrogens is 310 g/mol. The summed E-state index contributed by atoms with van der Waals surface area (Å²) in [6.45, 7) is 0. The zero-order valence-electron chi connectivity index (χ0n) is 12.7. The number of rotatable bonds is 3. The zero-order chi connectivity index (χ0) is 17.1.